The monoisotopic (exact) mass is 336 g/mol. The van der Waals surface area contributed by atoms with E-state index in [0.717, 1.165) is 12.1 Å². The van der Waals surface area contributed by atoms with Gasteiger partial charge in [-0.1, -0.05) is 18.2 Å². The Balaban J connectivity index is 1.94. The van der Waals surface area contributed by atoms with E-state index in [9.17, 15) is 17.6 Å². The van der Waals surface area contributed by atoms with E-state index in [1.54, 1.807) is 18.2 Å². The molecule has 6 nitrogen and oxygen atoms in total. The fourth-order valence-corrected chi connectivity index (χ4v) is 2.17. The number of hydrogen-bond acceptors (Lipinski definition) is 3. The quantitative estimate of drug-likeness (QED) is 0.748. The molecule has 0 saturated heterocycles. The molecule has 0 aliphatic rings. The Kier molecular flexibility index (Phi) is 5.09. The number of nitrogens with one attached hydrogen (secondary N) is 2. The minimum absolute atomic E-state index is 0.275. The number of benzene rings is 2. The second-order valence-electron chi connectivity index (χ2n) is 4.45. The summed E-state index contributed by atoms with van der Waals surface area (Å²) in [4.78, 5) is 11.4. The van der Waals surface area contributed by atoms with Crippen LogP contribution in [0, 0.1) is 5.82 Å². The molecular weight excluding hydrogens is 323 g/mol. The summed E-state index contributed by atoms with van der Waals surface area (Å²) in [5.74, 6) is -0.410. The molecule has 0 unspecified atom stereocenters. The average molecular weight is 336 g/mol. The summed E-state index contributed by atoms with van der Waals surface area (Å²) < 4.78 is 44.0. The topological polar surface area (TPSA) is 95.5 Å². The molecule has 8 heteroatoms. The van der Waals surface area contributed by atoms with Crippen molar-refractivity contribution in [2.45, 2.75) is 4.90 Å². The zero-order valence-corrected chi connectivity index (χ0v) is 12.5. The maximum Gasteiger partial charge on any atom is 0.323 e. The molecule has 0 spiro atoms. The molecule has 0 aromatic heterocycles. The van der Waals surface area contributed by atoms with Crippen LogP contribution in [-0.2, 0) is 10.1 Å². The summed E-state index contributed by atoms with van der Waals surface area (Å²) in [7, 11) is -4.27. The Morgan fingerprint density at radius 3 is 2.35 bits per heavy atom. The molecule has 0 atom stereocenters. The number of urea groups is 1. The van der Waals surface area contributed by atoms with Crippen LogP contribution in [0.1, 0.15) is 5.56 Å². The molecule has 2 aromatic carbocycles. The Morgan fingerprint density at radius 1 is 1.09 bits per heavy atom. The second kappa shape index (κ2) is 7.03. The third kappa shape index (κ3) is 4.90. The van der Waals surface area contributed by atoms with E-state index < -0.39 is 22.0 Å². The lowest BCUT2D eigenvalue weighted by atomic mass is 10.2. The van der Waals surface area contributed by atoms with E-state index >= 15 is 0 Å². The van der Waals surface area contributed by atoms with Crippen LogP contribution in [-0.4, -0.2) is 19.0 Å². The van der Waals surface area contributed by atoms with Gasteiger partial charge in [0, 0.05) is 17.5 Å². The van der Waals surface area contributed by atoms with Crippen LogP contribution in [0.3, 0.4) is 0 Å². The molecule has 0 aliphatic heterocycles. The summed E-state index contributed by atoms with van der Waals surface area (Å²) in [6, 6.07) is 10.4. The fourth-order valence-electron chi connectivity index (χ4n) is 1.69. The maximum absolute atomic E-state index is 13.3. The number of anilines is 1. The first-order valence-corrected chi connectivity index (χ1v) is 7.86. The lowest BCUT2D eigenvalue weighted by Gasteiger charge is -2.05. The summed E-state index contributed by atoms with van der Waals surface area (Å²) in [6.45, 7) is 0. The number of halogens is 1. The molecule has 23 heavy (non-hydrogen) atoms. The maximum atomic E-state index is 13.3. The standard InChI is InChI=1S/C15H13FN2O4S/c16-14-4-2-1-3-11(14)9-10-17-15(19)18-12-5-7-13(8-6-12)23(20,21)22/h1-10H,(H2,17,18,19)(H,20,21,22)/b10-9+. The van der Waals surface area contributed by atoms with Crippen LogP contribution in [0.5, 0.6) is 0 Å². The summed E-state index contributed by atoms with van der Waals surface area (Å²) in [6.07, 6.45) is 2.68. The first kappa shape index (κ1) is 16.7. The van der Waals surface area contributed by atoms with Crippen molar-refractivity contribution < 1.29 is 22.2 Å². The van der Waals surface area contributed by atoms with E-state index in [-0.39, 0.29) is 4.90 Å². The largest absolute Gasteiger partial charge is 0.323 e. The van der Waals surface area contributed by atoms with Crippen molar-refractivity contribution in [2.24, 2.45) is 0 Å². The zero-order chi connectivity index (χ0) is 16.9. The van der Waals surface area contributed by atoms with Crippen LogP contribution >= 0.6 is 0 Å². The predicted octanol–water partition coefficient (Wildman–Crippen LogP) is 2.86. The number of carbonyl (C=O) groups excluding carboxylic acids is 1. The predicted molar refractivity (Wildman–Crippen MR) is 83.8 cm³/mol. The molecule has 3 N–H and O–H groups in total. The summed E-state index contributed by atoms with van der Waals surface area (Å²) in [5, 5.41) is 4.84. The molecule has 2 rings (SSSR count). The van der Waals surface area contributed by atoms with Crippen molar-refractivity contribution in [1.29, 1.82) is 0 Å². The van der Waals surface area contributed by atoms with Gasteiger partial charge in [0.25, 0.3) is 10.1 Å². The number of rotatable bonds is 4. The van der Waals surface area contributed by atoms with Gasteiger partial charge in [-0.05, 0) is 36.4 Å². The minimum atomic E-state index is -4.27. The van der Waals surface area contributed by atoms with Crippen molar-refractivity contribution in [2.75, 3.05) is 5.32 Å². The van der Waals surface area contributed by atoms with Crippen molar-refractivity contribution in [1.82, 2.24) is 5.32 Å². The van der Waals surface area contributed by atoms with Gasteiger partial charge in [-0.15, -0.1) is 0 Å². The number of carbonyl (C=O) groups is 1. The molecule has 0 aliphatic carbocycles. The van der Waals surface area contributed by atoms with E-state index in [2.05, 4.69) is 10.6 Å². The smallest absolute Gasteiger partial charge is 0.314 e. The summed E-state index contributed by atoms with van der Waals surface area (Å²) in [5.41, 5.74) is 0.652. The highest BCUT2D eigenvalue weighted by Gasteiger charge is 2.09. The van der Waals surface area contributed by atoms with E-state index in [1.807, 2.05) is 0 Å². The average Bonchev–Trinajstić information content (AvgIpc) is 2.49. The number of amides is 2. The van der Waals surface area contributed by atoms with Crippen LogP contribution in [0.15, 0.2) is 59.6 Å². The van der Waals surface area contributed by atoms with Gasteiger partial charge in [-0.2, -0.15) is 8.42 Å². The van der Waals surface area contributed by atoms with Gasteiger partial charge >= 0.3 is 6.03 Å². The molecule has 0 saturated carbocycles. The lowest BCUT2D eigenvalue weighted by Crippen LogP contribution is -2.23. The third-order valence-corrected chi connectivity index (χ3v) is 3.66. The van der Waals surface area contributed by atoms with Crippen LogP contribution in [0.4, 0.5) is 14.9 Å². The molecule has 2 amide bonds. The van der Waals surface area contributed by atoms with Gasteiger partial charge in [0.05, 0.1) is 4.90 Å². The highest BCUT2D eigenvalue weighted by molar-refractivity contribution is 7.85. The highest BCUT2D eigenvalue weighted by Crippen LogP contribution is 2.13. The molecule has 2 aromatic rings. The van der Waals surface area contributed by atoms with Crippen molar-refractivity contribution in [3.05, 3.63) is 66.1 Å². The lowest BCUT2D eigenvalue weighted by molar-refractivity contribution is 0.255. The first-order valence-electron chi connectivity index (χ1n) is 6.42. The Hall–Kier alpha value is -2.71. The Bertz CT molecular complexity index is 833. The van der Waals surface area contributed by atoms with Crippen LogP contribution in [0.2, 0.25) is 0 Å². The fraction of sp³-hybridized carbons (Fsp3) is 0. The third-order valence-electron chi connectivity index (χ3n) is 2.79. The van der Waals surface area contributed by atoms with Crippen molar-refractivity contribution >= 4 is 27.9 Å². The first-order chi connectivity index (χ1) is 10.9. The Morgan fingerprint density at radius 2 is 1.74 bits per heavy atom. The molecular formula is C15H13FN2O4S. The van der Waals surface area contributed by atoms with Crippen LogP contribution < -0.4 is 10.6 Å². The van der Waals surface area contributed by atoms with E-state index in [1.165, 1.54) is 30.5 Å². The van der Waals surface area contributed by atoms with Gasteiger partial charge in [0.1, 0.15) is 5.82 Å². The van der Waals surface area contributed by atoms with E-state index in [0.29, 0.717) is 11.3 Å². The van der Waals surface area contributed by atoms with Crippen molar-refractivity contribution in [3.63, 3.8) is 0 Å². The molecule has 0 heterocycles. The van der Waals surface area contributed by atoms with Crippen LogP contribution in [0.25, 0.3) is 6.08 Å². The van der Waals surface area contributed by atoms with Gasteiger partial charge in [-0.25, -0.2) is 9.18 Å². The minimum Gasteiger partial charge on any atom is -0.314 e. The number of hydrogen-bond donors (Lipinski definition) is 3. The van der Waals surface area contributed by atoms with Gasteiger partial charge < -0.3 is 10.6 Å². The zero-order valence-electron chi connectivity index (χ0n) is 11.7. The Labute approximate surface area is 132 Å². The summed E-state index contributed by atoms with van der Waals surface area (Å²) >= 11 is 0. The van der Waals surface area contributed by atoms with Gasteiger partial charge in [-0.3, -0.25) is 4.55 Å². The van der Waals surface area contributed by atoms with Crippen molar-refractivity contribution in [3.8, 4) is 0 Å². The van der Waals surface area contributed by atoms with Gasteiger partial charge in [0.15, 0.2) is 0 Å². The SMILES string of the molecule is O=C(N/C=C/c1ccccc1F)Nc1ccc(S(=O)(=O)O)cc1. The molecule has 0 bridgehead atoms. The van der Waals surface area contributed by atoms with E-state index in [4.69, 9.17) is 4.55 Å². The molecule has 0 radical (unpaired) electrons. The molecule has 0 fully saturated rings. The highest BCUT2D eigenvalue weighted by atomic mass is 32.2. The molecule has 120 valence electrons. The van der Waals surface area contributed by atoms with Gasteiger partial charge in [0.2, 0.25) is 0 Å². The second-order valence-corrected chi connectivity index (χ2v) is 5.87. The normalized spacial score (nSPS) is 11.4.